The molecule has 1 aromatic carbocycles. The molecular formula is C14H11F2N5O2S. The van der Waals surface area contributed by atoms with Crippen LogP contribution in [0.5, 0.6) is 0 Å². The molecule has 7 nitrogen and oxygen atoms in total. The molecule has 0 aliphatic carbocycles. The summed E-state index contributed by atoms with van der Waals surface area (Å²) in [6, 6.07) is 5.71. The number of pyridine rings is 1. The van der Waals surface area contributed by atoms with Gasteiger partial charge in [-0.15, -0.1) is 5.10 Å². The normalized spacial score (nSPS) is 11.6. The summed E-state index contributed by atoms with van der Waals surface area (Å²) in [6.45, 7) is -0.195. The van der Waals surface area contributed by atoms with Crippen molar-refractivity contribution in [2.45, 2.75) is 11.4 Å². The van der Waals surface area contributed by atoms with E-state index in [0.29, 0.717) is 17.4 Å². The Balaban J connectivity index is 1.75. The summed E-state index contributed by atoms with van der Waals surface area (Å²) in [4.78, 5) is 3.30. The van der Waals surface area contributed by atoms with Crippen LogP contribution >= 0.6 is 0 Å². The smallest absolute Gasteiger partial charge is 0.243 e. The van der Waals surface area contributed by atoms with Crippen molar-refractivity contribution in [2.75, 3.05) is 0 Å². The highest BCUT2D eigenvalue weighted by atomic mass is 32.2. The summed E-state index contributed by atoms with van der Waals surface area (Å²) in [5.41, 5.74) is 0.980. The highest BCUT2D eigenvalue weighted by molar-refractivity contribution is 7.89. The van der Waals surface area contributed by atoms with Gasteiger partial charge in [-0.05, 0) is 24.3 Å². The van der Waals surface area contributed by atoms with Crippen LogP contribution in [0.4, 0.5) is 8.78 Å². The standard InChI is InChI=1S/C14H11F2N5O2S/c15-10-3-4-14(13(16)6-10)24(22,23)18-7-11-9-21(20-19-11)12-2-1-5-17-8-12/h1-6,8-9,18H,7H2. The predicted molar refractivity (Wildman–Crippen MR) is 79.5 cm³/mol. The number of aromatic nitrogens is 4. The number of rotatable bonds is 5. The van der Waals surface area contributed by atoms with Gasteiger partial charge in [-0.25, -0.2) is 26.6 Å². The Morgan fingerprint density at radius 1 is 1.21 bits per heavy atom. The SMILES string of the molecule is O=S(=O)(NCc1cn(-c2cccnc2)nn1)c1ccc(F)cc1F. The molecule has 1 N–H and O–H groups in total. The van der Waals surface area contributed by atoms with Crippen LogP contribution in [-0.2, 0) is 16.6 Å². The maximum Gasteiger partial charge on any atom is 0.243 e. The molecule has 0 fully saturated rings. The Morgan fingerprint density at radius 2 is 2.04 bits per heavy atom. The number of sulfonamides is 1. The van der Waals surface area contributed by atoms with Gasteiger partial charge < -0.3 is 0 Å². The third kappa shape index (κ3) is 3.44. The van der Waals surface area contributed by atoms with Gasteiger partial charge in [-0.1, -0.05) is 5.21 Å². The van der Waals surface area contributed by atoms with Crippen molar-refractivity contribution in [1.82, 2.24) is 24.7 Å². The number of hydrogen-bond acceptors (Lipinski definition) is 5. The average Bonchev–Trinajstić information content (AvgIpc) is 3.02. The lowest BCUT2D eigenvalue weighted by Crippen LogP contribution is -2.24. The molecular weight excluding hydrogens is 340 g/mol. The first-order valence-electron chi connectivity index (χ1n) is 6.72. The molecule has 2 heterocycles. The van der Waals surface area contributed by atoms with Crippen LogP contribution in [-0.4, -0.2) is 28.4 Å². The first-order valence-corrected chi connectivity index (χ1v) is 8.20. The van der Waals surface area contributed by atoms with Crippen LogP contribution in [0.3, 0.4) is 0 Å². The first-order chi connectivity index (χ1) is 11.5. The topological polar surface area (TPSA) is 89.8 Å². The van der Waals surface area contributed by atoms with Crippen molar-refractivity contribution in [1.29, 1.82) is 0 Å². The number of hydrogen-bond donors (Lipinski definition) is 1. The minimum absolute atomic E-state index is 0.195. The Hall–Kier alpha value is -2.72. The predicted octanol–water partition coefficient (Wildman–Crippen LogP) is 1.42. The highest BCUT2D eigenvalue weighted by Crippen LogP contribution is 2.15. The van der Waals surface area contributed by atoms with Crippen molar-refractivity contribution in [2.24, 2.45) is 0 Å². The van der Waals surface area contributed by atoms with E-state index >= 15 is 0 Å². The third-order valence-corrected chi connectivity index (χ3v) is 4.51. The summed E-state index contributed by atoms with van der Waals surface area (Å²) in [5, 5.41) is 7.69. The number of benzene rings is 1. The van der Waals surface area contributed by atoms with Crippen LogP contribution in [0.1, 0.15) is 5.69 Å². The van der Waals surface area contributed by atoms with Gasteiger partial charge in [0, 0.05) is 12.3 Å². The van der Waals surface area contributed by atoms with Crippen molar-refractivity contribution in [3.63, 3.8) is 0 Å². The van der Waals surface area contributed by atoms with Crippen LogP contribution < -0.4 is 4.72 Å². The van der Waals surface area contributed by atoms with E-state index in [1.54, 1.807) is 24.5 Å². The zero-order chi connectivity index (χ0) is 17.2. The van der Waals surface area contributed by atoms with E-state index in [4.69, 9.17) is 0 Å². The lowest BCUT2D eigenvalue weighted by atomic mass is 10.3. The molecule has 0 saturated carbocycles. The molecule has 0 unspecified atom stereocenters. The van der Waals surface area contributed by atoms with Gasteiger partial charge in [0.15, 0.2) is 0 Å². The van der Waals surface area contributed by atoms with E-state index in [0.717, 1.165) is 12.1 Å². The zero-order valence-corrected chi connectivity index (χ0v) is 12.9. The second-order valence-electron chi connectivity index (χ2n) is 4.76. The van der Waals surface area contributed by atoms with E-state index in [1.165, 1.54) is 10.9 Å². The van der Waals surface area contributed by atoms with E-state index in [2.05, 4.69) is 20.0 Å². The van der Waals surface area contributed by atoms with Gasteiger partial charge in [-0.2, -0.15) is 0 Å². The van der Waals surface area contributed by atoms with Gasteiger partial charge in [0.2, 0.25) is 10.0 Å². The van der Waals surface area contributed by atoms with Gasteiger partial charge in [-0.3, -0.25) is 4.98 Å². The van der Waals surface area contributed by atoms with Gasteiger partial charge in [0.1, 0.15) is 16.5 Å². The monoisotopic (exact) mass is 351 g/mol. The molecule has 0 bridgehead atoms. The lowest BCUT2D eigenvalue weighted by molar-refractivity contribution is 0.542. The fourth-order valence-electron chi connectivity index (χ4n) is 1.93. The molecule has 0 radical (unpaired) electrons. The minimum atomic E-state index is -4.14. The maximum absolute atomic E-state index is 13.6. The summed E-state index contributed by atoms with van der Waals surface area (Å²) < 4.78 is 54.2. The molecule has 2 aromatic heterocycles. The molecule has 0 saturated heterocycles. The maximum atomic E-state index is 13.6. The molecule has 0 aliphatic heterocycles. The summed E-state index contributed by atoms with van der Waals surface area (Å²) in [6.07, 6.45) is 4.68. The molecule has 0 aliphatic rings. The molecule has 124 valence electrons. The number of halogens is 2. The Kier molecular flexibility index (Phi) is 4.32. The second kappa shape index (κ2) is 6.42. The molecule has 0 spiro atoms. The lowest BCUT2D eigenvalue weighted by Gasteiger charge is -2.06. The fraction of sp³-hybridized carbons (Fsp3) is 0.0714. The molecule has 24 heavy (non-hydrogen) atoms. The number of nitrogens with one attached hydrogen (secondary N) is 1. The largest absolute Gasteiger partial charge is 0.262 e. The van der Waals surface area contributed by atoms with E-state index in [9.17, 15) is 17.2 Å². The summed E-state index contributed by atoms with van der Waals surface area (Å²) in [7, 11) is -4.14. The van der Waals surface area contributed by atoms with Crippen molar-refractivity contribution in [3.05, 3.63) is 66.3 Å². The Labute approximate surface area is 136 Å². The third-order valence-electron chi connectivity index (χ3n) is 3.08. The molecule has 10 heteroatoms. The summed E-state index contributed by atoms with van der Waals surface area (Å²) in [5.74, 6) is -2.02. The van der Waals surface area contributed by atoms with Gasteiger partial charge in [0.25, 0.3) is 0 Å². The summed E-state index contributed by atoms with van der Waals surface area (Å²) >= 11 is 0. The Bertz CT molecular complexity index is 960. The van der Waals surface area contributed by atoms with Crippen molar-refractivity contribution >= 4 is 10.0 Å². The van der Waals surface area contributed by atoms with Gasteiger partial charge in [0.05, 0.1) is 30.3 Å². The van der Waals surface area contributed by atoms with E-state index < -0.39 is 26.6 Å². The average molecular weight is 351 g/mol. The fourth-order valence-corrected chi connectivity index (χ4v) is 2.99. The minimum Gasteiger partial charge on any atom is -0.262 e. The van der Waals surface area contributed by atoms with Crippen molar-refractivity contribution in [3.8, 4) is 5.69 Å². The molecule has 0 amide bonds. The van der Waals surface area contributed by atoms with E-state index in [-0.39, 0.29) is 6.54 Å². The van der Waals surface area contributed by atoms with Crippen molar-refractivity contribution < 1.29 is 17.2 Å². The van der Waals surface area contributed by atoms with Crippen LogP contribution in [0.25, 0.3) is 5.69 Å². The quantitative estimate of drug-likeness (QED) is 0.751. The second-order valence-corrected chi connectivity index (χ2v) is 6.50. The van der Waals surface area contributed by atoms with E-state index in [1.807, 2.05) is 0 Å². The van der Waals surface area contributed by atoms with Gasteiger partial charge >= 0.3 is 0 Å². The Morgan fingerprint density at radius 3 is 2.75 bits per heavy atom. The molecule has 3 rings (SSSR count). The molecule has 3 aromatic rings. The highest BCUT2D eigenvalue weighted by Gasteiger charge is 2.19. The zero-order valence-electron chi connectivity index (χ0n) is 12.1. The van der Waals surface area contributed by atoms with Crippen LogP contribution in [0.2, 0.25) is 0 Å². The number of nitrogens with zero attached hydrogens (tertiary/aromatic N) is 4. The first kappa shape index (κ1) is 16.1. The van der Waals surface area contributed by atoms with Crippen LogP contribution in [0, 0.1) is 11.6 Å². The molecule has 0 atom stereocenters. The van der Waals surface area contributed by atoms with Crippen LogP contribution in [0.15, 0.2) is 53.8 Å².